The number of benzene rings is 1. The minimum absolute atomic E-state index is 0.0487. The largest absolute Gasteiger partial charge is 0.468 e. The third kappa shape index (κ3) is 3.49. The van der Waals surface area contributed by atoms with Gasteiger partial charge in [0.1, 0.15) is 0 Å². The summed E-state index contributed by atoms with van der Waals surface area (Å²) in [7, 11) is 2.88. The Labute approximate surface area is 159 Å². The van der Waals surface area contributed by atoms with Gasteiger partial charge in [-0.3, -0.25) is 14.9 Å². The Morgan fingerprint density at radius 1 is 1.38 bits per heavy atom. The van der Waals surface area contributed by atoms with Gasteiger partial charge in [-0.15, -0.1) is 0 Å². The molecule has 0 saturated carbocycles. The molecule has 1 aromatic rings. The zero-order valence-corrected chi connectivity index (χ0v) is 15.7. The Bertz CT molecular complexity index is 787. The van der Waals surface area contributed by atoms with Crippen LogP contribution < -0.4 is 5.32 Å². The second-order valence-corrected chi connectivity index (χ2v) is 7.11. The Kier molecular flexibility index (Phi) is 5.38. The Morgan fingerprint density at radius 3 is 2.81 bits per heavy atom. The standard InChI is InChI=1S/C16H17ClN4O4S/c1-20-13-12(14(23)19-15(20)24)21(7-9-5-3-4-6-10(9)17)16(18-13)26-8-11(22)25-2/h3-6,12-13H,7-8H2,1-2H3,(H,19,23,24). The number of ether oxygens (including phenoxy) is 1. The summed E-state index contributed by atoms with van der Waals surface area (Å²) in [5.41, 5.74) is 0.813. The fourth-order valence-corrected chi connectivity index (χ4v) is 3.87. The Morgan fingerprint density at radius 2 is 2.12 bits per heavy atom. The zero-order chi connectivity index (χ0) is 18.8. The number of methoxy groups -OCH3 is 1. The molecule has 1 N–H and O–H groups in total. The van der Waals surface area contributed by atoms with Crippen molar-refractivity contribution in [2.75, 3.05) is 19.9 Å². The number of hydrogen-bond donors (Lipinski definition) is 1. The van der Waals surface area contributed by atoms with Gasteiger partial charge in [-0.2, -0.15) is 0 Å². The van der Waals surface area contributed by atoms with Crippen LogP contribution in [0.4, 0.5) is 4.79 Å². The molecule has 0 spiro atoms. The summed E-state index contributed by atoms with van der Waals surface area (Å²) in [5.74, 6) is -0.783. The third-order valence-corrected chi connectivity index (χ3v) is 5.51. The molecule has 2 aliphatic rings. The maximum atomic E-state index is 12.4. The number of amidine groups is 1. The van der Waals surface area contributed by atoms with Gasteiger partial charge in [0.05, 0.1) is 12.9 Å². The van der Waals surface area contributed by atoms with Crippen molar-refractivity contribution in [3.63, 3.8) is 0 Å². The number of thioether (sulfide) groups is 1. The molecule has 1 saturated heterocycles. The smallest absolute Gasteiger partial charge is 0.325 e. The van der Waals surface area contributed by atoms with Crippen molar-refractivity contribution in [3.05, 3.63) is 34.9 Å². The molecule has 138 valence electrons. The quantitative estimate of drug-likeness (QED) is 0.771. The van der Waals surface area contributed by atoms with Crippen molar-refractivity contribution >= 4 is 46.4 Å². The van der Waals surface area contributed by atoms with Crippen LogP contribution in [-0.4, -0.2) is 65.0 Å². The molecule has 0 aliphatic carbocycles. The van der Waals surface area contributed by atoms with Crippen molar-refractivity contribution < 1.29 is 19.1 Å². The molecule has 0 radical (unpaired) electrons. The lowest BCUT2D eigenvalue weighted by molar-refractivity contribution is -0.137. The fraction of sp³-hybridized carbons (Fsp3) is 0.375. The van der Waals surface area contributed by atoms with Crippen LogP contribution in [0.3, 0.4) is 0 Å². The number of rotatable bonds is 4. The molecule has 8 nitrogen and oxygen atoms in total. The van der Waals surface area contributed by atoms with Gasteiger partial charge < -0.3 is 14.5 Å². The van der Waals surface area contributed by atoms with Gasteiger partial charge in [-0.25, -0.2) is 9.79 Å². The van der Waals surface area contributed by atoms with E-state index in [1.54, 1.807) is 18.0 Å². The normalized spacial score (nSPS) is 22.0. The van der Waals surface area contributed by atoms with Gasteiger partial charge in [0.2, 0.25) is 0 Å². The molecule has 1 aromatic carbocycles. The van der Waals surface area contributed by atoms with E-state index in [-0.39, 0.29) is 5.75 Å². The van der Waals surface area contributed by atoms with Gasteiger partial charge in [0.25, 0.3) is 5.91 Å². The van der Waals surface area contributed by atoms with E-state index in [0.717, 1.165) is 17.3 Å². The molecular formula is C16H17ClN4O4S. The summed E-state index contributed by atoms with van der Waals surface area (Å²) in [6.45, 7) is 0.323. The van der Waals surface area contributed by atoms with Crippen molar-refractivity contribution in [1.29, 1.82) is 0 Å². The van der Waals surface area contributed by atoms with Crippen LogP contribution in [0.25, 0.3) is 0 Å². The lowest BCUT2D eigenvalue weighted by atomic mass is 10.1. The van der Waals surface area contributed by atoms with Crippen LogP contribution >= 0.6 is 23.4 Å². The first kappa shape index (κ1) is 18.5. The first-order valence-corrected chi connectivity index (χ1v) is 9.14. The third-order valence-electron chi connectivity index (χ3n) is 4.17. The number of halogens is 1. The number of aliphatic imine (C=N–C) groups is 1. The van der Waals surface area contributed by atoms with E-state index in [9.17, 15) is 14.4 Å². The molecule has 2 unspecified atom stereocenters. The van der Waals surface area contributed by atoms with Crippen LogP contribution in [0.5, 0.6) is 0 Å². The Balaban J connectivity index is 1.90. The van der Waals surface area contributed by atoms with Crippen molar-refractivity contribution in [2.24, 2.45) is 4.99 Å². The average Bonchev–Trinajstić information content (AvgIpc) is 2.98. The molecule has 2 atom stereocenters. The summed E-state index contributed by atoms with van der Waals surface area (Å²) in [6.07, 6.45) is -0.654. The SMILES string of the molecule is COC(=O)CSC1=NC2C(C(=O)NC(=O)N2C)N1Cc1ccccc1Cl. The van der Waals surface area contributed by atoms with Gasteiger partial charge in [-0.05, 0) is 11.6 Å². The maximum Gasteiger partial charge on any atom is 0.325 e. The van der Waals surface area contributed by atoms with Crippen LogP contribution in [-0.2, 0) is 20.9 Å². The first-order valence-electron chi connectivity index (χ1n) is 7.77. The molecule has 2 aliphatic heterocycles. The highest BCUT2D eigenvalue weighted by molar-refractivity contribution is 8.14. The van der Waals surface area contributed by atoms with Gasteiger partial charge in [0.15, 0.2) is 17.4 Å². The highest BCUT2D eigenvalue weighted by Crippen LogP contribution is 2.31. The molecule has 3 amide bonds. The molecule has 26 heavy (non-hydrogen) atoms. The Hall–Kier alpha value is -2.26. The average molecular weight is 397 g/mol. The number of carbonyl (C=O) groups excluding carboxylic acids is 3. The summed E-state index contributed by atoms with van der Waals surface area (Å²) in [6, 6.07) is 6.10. The van der Waals surface area contributed by atoms with Gasteiger partial charge in [-0.1, -0.05) is 41.6 Å². The summed E-state index contributed by atoms with van der Waals surface area (Å²) >= 11 is 7.41. The number of esters is 1. The minimum Gasteiger partial charge on any atom is -0.468 e. The number of nitrogens with zero attached hydrogens (tertiary/aromatic N) is 3. The molecule has 1 fully saturated rings. The monoisotopic (exact) mass is 396 g/mol. The van der Waals surface area contributed by atoms with E-state index in [2.05, 4.69) is 15.0 Å². The molecule has 3 rings (SSSR count). The minimum atomic E-state index is -0.686. The number of hydrogen-bond acceptors (Lipinski definition) is 7. The highest BCUT2D eigenvalue weighted by Gasteiger charge is 2.48. The topological polar surface area (TPSA) is 91.3 Å². The number of nitrogens with one attached hydrogen (secondary N) is 1. The molecule has 10 heteroatoms. The van der Waals surface area contributed by atoms with Crippen LogP contribution in [0.2, 0.25) is 5.02 Å². The predicted molar refractivity (Wildman–Crippen MR) is 97.8 cm³/mol. The van der Waals surface area contributed by atoms with Crippen molar-refractivity contribution in [1.82, 2.24) is 15.1 Å². The molecular weight excluding hydrogens is 380 g/mol. The number of carbonyl (C=O) groups is 3. The summed E-state index contributed by atoms with van der Waals surface area (Å²) in [5, 5.41) is 3.38. The number of amides is 3. The van der Waals surface area contributed by atoms with E-state index < -0.39 is 30.1 Å². The molecule has 0 aromatic heterocycles. The molecule has 2 heterocycles. The first-order chi connectivity index (χ1) is 12.4. The van der Waals surface area contributed by atoms with Crippen molar-refractivity contribution in [3.8, 4) is 0 Å². The lowest BCUT2D eigenvalue weighted by Crippen LogP contribution is -2.63. The van der Waals surface area contributed by atoms with Gasteiger partial charge >= 0.3 is 12.0 Å². The van der Waals surface area contributed by atoms with E-state index in [4.69, 9.17) is 11.6 Å². The van der Waals surface area contributed by atoms with Crippen LogP contribution in [0.1, 0.15) is 5.56 Å². The lowest BCUT2D eigenvalue weighted by Gasteiger charge is -2.36. The molecule has 0 bridgehead atoms. The van der Waals surface area contributed by atoms with E-state index in [0.29, 0.717) is 16.7 Å². The van der Waals surface area contributed by atoms with Gasteiger partial charge in [0, 0.05) is 18.6 Å². The predicted octanol–water partition coefficient (Wildman–Crippen LogP) is 1.29. The number of urea groups is 1. The van der Waals surface area contributed by atoms with E-state index >= 15 is 0 Å². The summed E-state index contributed by atoms with van der Waals surface area (Å²) in [4.78, 5) is 43.5. The van der Waals surface area contributed by atoms with E-state index in [1.165, 1.54) is 12.0 Å². The second kappa shape index (κ2) is 7.55. The van der Waals surface area contributed by atoms with E-state index in [1.807, 2.05) is 18.2 Å². The van der Waals surface area contributed by atoms with Crippen LogP contribution in [0, 0.1) is 0 Å². The number of likely N-dealkylation sites (N-methyl/N-ethyl adjacent to an activating group) is 1. The van der Waals surface area contributed by atoms with Crippen molar-refractivity contribution in [2.45, 2.75) is 18.8 Å². The number of imide groups is 1. The van der Waals surface area contributed by atoms with Crippen LogP contribution in [0.15, 0.2) is 29.3 Å². The summed E-state index contributed by atoms with van der Waals surface area (Å²) < 4.78 is 4.66. The zero-order valence-electron chi connectivity index (χ0n) is 14.1. The fourth-order valence-electron chi connectivity index (χ4n) is 2.78. The second-order valence-electron chi connectivity index (χ2n) is 5.76. The highest BCUT2D eigenvalue weighted by atomic mass is 35.5. The number of fused-ring (bicyclic) bond motifs is 1. The maximum absolute atomic E-state index is 12.4.